The first-order valence-electron chi connectivity index (χ1n) is 5.98. The van der Waals surface area contributed by atoms with Gasteiger partial charge >= 0.3 is 5.97 Å². The standard InChI is InChI=1S/C13H18N2O2S/c1-17-13(16)12-10(3-2-4-11(12)14)9-15-5-7-18-8-6-15/h2-4H,5-9,14H2,1H3. The predicted molar refractivity (Wildman–Crippen MR) is 74.8 cm³/mol. The molecule has 18 heavy (non-hydrogen) atoms. The Morgan fingerprint density at radius 2 is 2.17 bits per heavy atom. The molecule has 4 nitrogen and oxygen atoms in total. The first-order chi connectivity index (χ1) is 8.72. The highest BCUT2D eigenvalue weighted by Crippen LogP contribution is 2.21. The number of nitrogens with two attached hydrogens (primary N) is 1. The summed E-state index contributed by atoms with van der Waals surface area (Å²) >= 11 is 1.97. The minimum Gasteiger partial charge on any atom is -0.465 e. The summed E-state index contributed by atoms with van der Waals surface area (Å²) in [6.07, 6.45) is 0. The fourth-order valence-electron chi connectivity index (χ4n) is 2.10. The van der Waals surface area contributed by atoms with Gasteiger partial charge in [0.05, 0.1) is 12.7 Å². The molecule has 1 aromatic rings. The molecule has 0 amide bonds. The molecule has 0 spiro atoms. The van der Waals surface area contributed by atoms with Crippen LogP contribution in [0.4, 0.5) is 5.69 Å². The van der Waals surface area contributed by atoms with Gasteiger partial charge < -0.3 is 10.5 Å². The lowest BCUT2D eigenvalue weighted by atomic mass is 10.0. The zero-order valence-electron chi connectivity index (χ0n) is 10.5. The number of carbonyl (C=O) groups excluding carboxylic acids is 1. The van der Waals surface area contributed by atoms with Gasteiger partial charge in [0.25, 0.3) is 0 Å². The lowest BCUT2D eigenvalue weighted by molar-refractivity contribution is 0.0599. The normalized spacial score (nSPS) is 16.5. The van der Waals surface area contributed by atoms with Crippen molar-refractivity contribution in [2.45, 2.75) is 6.54 Å². The second-order valence-electron chi connectivity index (χ2n) is 4.26. The minimum absolute atomic E-state index is 0.352. The van der Waals surface area contributed by atoms with E-state index in [0.717, 1.165) is 36.7 Å². The number of thioether (sulfide) groups is 1. The van der Waals surface area contributed by atoms with Gasteiger partial charge in [-0.3, -0.25) is 4.90 Å². The van der Waals surface area contributed by atoms with Gasteiger partial charge in [0.1, 0.15) is 0 Å². The summed E-state index contributed by atoms with van der Waals surface area (Å²) in [5, 5.41) is 0. The van der Waals surface area contributed by atoms with Crippen LogP contribution in [0.15, 0.2) is 18.2 Å². The first kappa shape index (κ1) is 13.2. The van der Waals surface area contributed by atoms with Gasteiger partial charge in [0, 0.05) is 36.8 Å². The molecule has 0 aliphatic carbocycles. The van der Waals surface area contributed by atoms with E-state index in [2.05, 4.69) is 4.90 Å². The number of ether oxygens (including phenoxy) is 1. The van der Waals surface area contributed by atoms with E-state index in [1.807, 2.05) is 23.9 Å². The van der Waals surface area contributed by atoms with Crippen molar-refractivity contribution in [2.75, 3.05) is 37.4 Å². The van der Waals surface area contributed by atoms with Crippen LogP contribution in [0.25, 0.3) is 0 Å². The summed E-state index contributed by atoms with van der Waals surface area (Å²) in [5.74, 6) is 1.95. The van der Waals surface area contributed by atoms with Crippen molar-refractivity contribution in [1.82, 2.24) is 4.90 Å². The van der Waals surface area contributed by atoms with Crippen molar-refractivity contribution < 1.29 is 9.53 Å². The van der Waals surface area contributed by atoms with E-state index in [1.54, 1.807) is 6.07 Å². The molecule has 0 saturated carbocycles. The number of benzene rings is 1. The van der Waals surface area contributed by atoms with Crippen LogP contribution >= 0.6 is 11.8 Å². The van der Waals surface area contributed by atoms with Crippen LogP contribution < -0.4 is 5.73 Å². The predicted octanol–water partition coefficient (Wildman–Crippen LogP) is 1.60. The lowest BCUT2D eigenvalue weighted by Crippen LogP contribution is -2.32. The lowest BCUT2D eigenvalue weighted by Gasteiger charge is -2.27. The summed E-state index contributed by atoms with van der Waals surface area (Å²) in [5.41, 5.74) is 7.84. The van der Waals surface area contributed by atoms with E-state index in [4.69, 9.17) is 10.5 Å². The molecule has 1 aliphatic rings. The van der Waals surface area contributed by atoms with Crippen molar-refractivity contribution >= 4 is 23.4 Å². The average molecular weight is 266 g/mol. The molecule has 0 atom stereocenters. The zero-order valence-corrected chi connectivity index (χ0v) is 11.3. The van der Waals surface area contributed by atoms with Crippen molar-refractivity contribution in [3.05, 3.63) is 29.3 Å². The number of carbonyl (C=O) groups is 1. The Morgan fingerprint density at radius 1 is 1.44 bits per heavy atom. The van der Waals surface area contributed by atoms with E-state index in [1.165, 1.54) is 7.11 Å². The minimum atomic E-state index is -0.352. The molecule has 1 saturated heterocycles. The van der Waals surface area contributed by atoms with Crippen LogP contribution in [0, 0.1) is 0 Å². The van der Waals surface area contributed by atoms with Gasteiger partial charge in [-0.1, -0.05) is 12.1 Å². The SMILES string of the molecule is COC(=O)c1c(N)cccc1CN1CCSCC1. The molecule has 0 aromatic heterocycles. The van der Waals surface area contributed by atoms with Gasteiger partial charge in [-0.25, -0.2) is 4.79 Å². The van der Waals surface area contributed by atoms with E-state index < -0.39 is 0 Å². The maximum absolute atomic E-state index is 11.8. The summed E-state index contributed by atoms with van der Waals surface area (Å²) in [6.45, 7) is 2.87. The molecule has 0 bridgehead atoms. The molecule has 5 heteroatoms. The fraction of sp³-hybridized carbons (Fsp3) is 0.462. The summed E-state index contributed by atoms with van der Waals surface area (Å²) < 4.78 is 4.81. The van der Waals surface area contributed by atoms with E-state index >= 15 is 0 Å². The van der Waals surface area contributed by atoms with E-state index in [9.17, 15) is 4.79 Å². The van der Waals surface area contributed by atoms with Gasteiger partial charge in [0.15, 0.2) is 0 Å². The number of anilines is 1. The molecule has 0 unspecified atom stereocenters. The molecule has 0 radical (unpaired) electrons. The smallest absolute Gasteiger partial charge is 0.340 e. The Bertz CT molecular complexity index is 431. The van der Waals surface area contributed by atoms with Crippen LogP contribution in [0.1, 0.15) is 15.9 Å². The summed E-state index contributed by atoms with van der Waals surface area (Å²) in [4.78, 5) is 14.1. The number of nitrogen functional groups attached to an aromatic ring is 1. The first-order valence-corrected chi connectivity index (χ1v) is 7.13. The third kappa shape index (κ3) is 2.97. The van der Waals surface area contributed by atoms with Crippen molar-refractivity contribution in [1.29, 1.82) is 0 Å². The Balaban J connectivity index is 2.20. The molecule has 1 heterocycles. The molecule has 98 valence electrons. The quantitative estimate of drug-likeness (QED) is 0.665. The van der Waals surface area contributed by atoms with Crippen LogP contribution in [-0.2, 0) is 11.3 Å². The maximum atomic E-state index is 11.8. The molecular weight excluding hydrogens is 248 g/mol. The largest absolute Gasteiger partial charge is 0.465 e. The number of hydrogen-bond acceptors (Lipinski definition) is 5. The second kappa shape index (κ2) is 6.11. The van der Waals surface area contributed by atoms with Crippen LogP contribution in [0.5, 0.6) is 0 Å². The monoisotopic (exact) mass is 266 g/mol. The Hall–Kier alpha value is -1.20. The summed E-state index contributed by atoms with van der Waals surface area (Å²) in [6, 6.07) is 5.57. The van der Waals surface area contributed by atoms with Crippen molar-refractivity contribution in [2.24, 2.45) is 0 Å². The fourth-order valence-corrected chi connectivity index (χ4v) is 3.08. The van der Waals surface area contributed by atoms with Crippen molar-refractivity contribution in [3.8, 4) is 0 Å². The molecule has 1 fully saturated rings. The molecular formula is C13H18N2O2S. The van der Waals surface area contributed by atoms with Crippen LogP contribution in [-0.4, -0.2) is 42.6 Å². The van der Waals surface area contributed by atoms with Gasteiger partial charge in [-0.15, -0.1) is 0 Å². The third-order valence-electron chi connectivity index (χ3n) is 3.07. The van der Waals surface area contributed by atoms with Gasteiger partial charge in [0.2, 0.25) is 0 Å². The number of nitrogens with zero attached hydrogens (tertiary/aromatic N) is 1. The van der Waals surface area contributed by atoms with Gasteiger partial charge in [-0.05, 0) is 11.6 Å². The van der Waals surface area contributed by atoms with E-state index in [0.29, 0.717) is 11.3 Å². The highest BCUT2D eigenvalue weighted by molar-refractivity contribution is 7.99. The Labute approximate surface area is 111 Å². The number of esters is 1. The number of methoxy groups -OCH3 is 1. The third-order valence-corrected chi connectivity index (χ3v) is 4.01. The topological polar surface area (TPSA) is 55.6 Å². The van der Waals surface area contributed by atoms with Crippen molar-refractivity contribution in [3.63, 3.8) is 0 Å². The average Bonchev–Trinajstić information content (AvgIpc) is 2.39. The molecule has 1 aromatic carbocycles. The zero-order chi connectivity index (χ0) is 13.0. The van der Waals surface area contributed by atoms with Crippen LogP contribution in [0.3, 0.4) is 0 Å². The molecule has 2 rings (SSSR count). The second-order valence-corrected chi connectivity index (χ2v) is 5.49. The van der Waals surface area contributed by atoms with Crippen LogP contribution in [0.2, 0.25) is 0 Å². The molecule has 2 N–H and O–H groups in total. The highest BCUT2D eigenvalue weighted by Gasteiger charge is 2.18. The van der Waals surface area contributed by atoms with Gasteiger partial charge in [-0.2, -0.15) is 11.8 Å². The Kier molecular flexibility index (Phi) is 4.49. The highest BCUT2D eigenvalue weighted by atomic mass is 32.2. The number of rotatable bonds is 3. The van der Waals surface area contributed by atoms with E-state index in [-0.39, 0.29) is 5.97 Å². The molecule has 1 aliphatic heterocycles. The Morgan fingerprint density at radius 3 is 2.83 bits per heavy atom. The summed E-state index contributed by atoms with van der Waals surface area (Å²) in [7, 11) is 1.39. The number of hydrogen-bond donors (Lipinski definition) is 1. The maximum Gasteiger partial charge on any atom is 0.340 e.